The van der Waals surface area contributed by atoms with Crippen molar-refractivity contribution < 1.29 is 0 Å². The summed E-state index contributed by atoms with van der Waals surface area (Å²) in [6.07, 6.45) is 3.89. The molecule has 0 unspecified atom stereocenters. The van der Waals surface area contributed by atoms with E-state index in [1.807, 2.05) is 0 Å². The monoisotopic (exact) mass is 211 g/mol. The summed E-state index contributed by atoms with van der Waals surface area (Å²) in [6, 6.07) is 4.68. The van der Waals surface area contributed by atoms with Crippen LogP contribution in [0.5, 0.6) is 0 Å². The third-order valence-electron chi connectivity index (χ3n) is 2.81. The van der Waals surface area contributed by atoms with Crippen molar-refractivity contribution in [1.29, 1.82) is 0 Å². The first kappa shape index (κ1) is 11.4. The summed E-state index contributed by atoms with van der Waals surface area (Å²) in [5.74, 6) is 0. The highest BCUT2D eigenvalue weighted by Crippen LogP contribution is 2.27. The molecule has 1 aliphatic carbocycles. The van der Waals surface area contributed by atoms with E-state index in [-0.39, 0.29) is 12.4 Å². The van der Waals surface area contributed by atoms with E-state index in [4.69, 9.17) is 0 Å². The molecule has 0 bridgehead atoms. The van der Waals surface area contributed by atoms with Gasteiger partial charge in [0.25, 0.3) is 0 Å². The fourth-order valence-corrected chi connectivity index (χ4v) is 2.13. The number of benzene rings is 1. The number of aryl methyl sites for hydroxylation is 3. The average Bonchev–Trinajstić information content (AvgIpc) is 2.52. The molecule has 2 heteroatoms. The summed E-state index contributed by atoms with van der Waals surface area (Å²) in [5, 5.41) is 3.41. The Morgan fingerprint density at radius 1 is 1.21 bits per heavy atom. The van der Waals surface area contributed by atoms with Gasteiger partial charge in [-0.1, -0.05) is 6.07 Å². The van der Waals surface area contributed by atoms with E-state index in [0.717, 1.165) is 6.54 Å². The van der Waals surface area contributed by atoms with Crippen molar-refractivity contribution in [1.82, 2.24) is 0 Å². The van der Waals surface area contributed by atoms with Gasteiger partial charge in [-0.3, -0.25) is 0 Å². The van der Waals surface area contributed by atoms with E-state index in [1.54, 1.807) is 11.1 Å². The van der Waals surface area contributed by atoms with Crippen molar-refractivity contribution >= 4 is 18.1 Å². The average molecular weight is 212 g/mol. The van der Waals surface area contributed by atoms with Crippen LogP contribution in [-0.4, -0.2) is 6.54 Å². The molecule has 1 aliphatic rings. The minimum Gasteiger partial charge on any atom is -0.385 e. The number of hydrogen-bond acceptors (Lipinski definition) is 1. The number of hydrogen-bond donors (Lipinski definition) is 1. The minimum atomic E-state index is 0. The van der Waals surface area contributed by atoms with Gasteiger partial charge in [0, 0.05) is 12.2 Å². The van der Waals surface area contributed by atoms with E-state index in [9.17, 15) is 0 Å². The molecule has 0 atom stereocenters. The number of halogens is 1. The molecule has 1 aromatic carbocycles. The summed E-state index contributed by atoms with van der Waals surface area (Å²) in [5.41, 5.74) is 5.84. The van der Waals surface area contributed by atoms with Gasteiger partial charge in [0.05, 0.1) is 0 Å². The van der Waals surface area contributed by atoms with Crippen molar-refractivity contribution in [3.8, 4) is 0 Å². The van der Waals surface area contributed by atoms with E-state index < -0.39 is 0 Å². The van der Waals surface area contributed by atoms with Crippen LogP contribution >= 0.6 is 12.4 Å². The molecule has 0 saturated heterocycles. The Labute approximate surface area is 92.3 Å². The molecule has 1 N–H and O–H groups in total. The zero-order valence-corrected chi connectivity index (χ0v) is 9.71. The van der Waals surface area contributed by atoms with Gasteiger partial charge in [-0.2, -0.15) is 0 Å². The molecule has 78 valence electrons. The minimum absolute atomic E-state index is 0. The van der Waals surface area contributed by atoms with Crippen molar-refractivity contribution in [3.63, 3.8) is 0 Å². The van der Waals surface area contributed by atoms with Crippen molar-refractivity contribution in [2.75, 3.05) is 11.9 Å². The Balaban J connectivity index is 0.000000980. The Hall–Kier alpha value is -0.690. The molecule has 0 aromatic heterocycles. The second kappa shape index (κ2) is 4.70. The van der Waals surface area contributed by atoms with Gasteiger partial charge in [-0.05, 0) is 55.9 Å². The molecular formula is C12H18ClN. The van der Waals surface area contributed by atoms with Gasteiger partial charge in [-0.15, -0.1) is 12.4 Å². The van der Waals surface area contributed by atoms with Crippen LogP contribution in [0, 0.1) is 6.92 Å². The lowest BCUT2D eigenvalue weighted by Crippen LogP contribution is -2.00. The van der Waals surface area contributed by atoms with Crippen molar-refractivity contribution in [2.45, 2.75) is 33.1 Å². The Kier molecular flexibility index (Phi) is 3.82. The van der Waals surface area contributed by atoms with Crippen LogP contribution in [0.4, 0.5) is 5.69 Å². The highest BCUT2D eigenvalue weighted by atomic mass is 35.5. The predicted octanol–water partition coefficient (Wildman–Crippen LogP) is 3.34. The maximum atomic E-state index is 3.41. The largest absolute Gasteiger partial charge is 0.385 e. The Morgan fingerprint density at radius 2 is 1.86 bits per heavy atom. The van der Waals surface area contributed by atoms with Gasteiger partial charge < -0.3 is 5.32 Å². The SMILES string of the molecule is CCNc1cc2c(cc1C)CCC2.Cl. The van der Waals surface area contributed by atoms with Crippen LogP contribution in [0.3, 0.4) is 0 Å². The van der Waals surface area contributed by atoms with Crippen LogP contribution in [-0.2, 0) is 12.8 Å². The lowest BCUT2D eigenvalue weighted by atomic mass is 10.1. The lowest BCUT2D eigenvalue weighted by molar-refractivity contribution is 0.911. The first-order valence-corrected chi connectivity index (χ1v) is 5.17. The smallest absolute Gasteiger partial charge is 0.0372 e. The summed E-state index contributed by atoms with van der Waals surface area (Å²) in [6.45, 7) is 5.35. The topological polar surface area (TPSA) is 12.0 Å². The van der Waals surface area contributed by atoms with Crippen molar-refractivity contribution in [2.24, 2.45) is 0 Å². The third kappa shape index (κ3) is 2.03. The molecule has 1 aromatic rings. The van der Waals surface area contributed by atoms with Crippen molar-refractivity contribution in [3.05, 3.63) is 28.8 Å². The molecule has 0 amide bonds. The zero-order chi connectivity index (χ0) is 9.26. The molecule has 0 heterocycles. The molecular weight excluding hydrogens is 194 g/mol. The zero-order valence-electron chi connectivity index (χ0n) is 8.89. The summed E-state index contributed by atoms with van der Waals surface area (Å²) in [7, 11) is 0. The Morgan fingerprint density at radius 3 is 2.50 bits per heavy atom. The van der Waals surface area contributed by atoms with Gasteiger partial charge in [0.1, 0.15) is 0 Å². The third-order valence-corrected chi connectivity index (χ3v) is 2.81. The highest BCUT2D eigenvalue weighted by molar-refractivity contribution is 5.85. The van der Waals surface area contributed by atoms with Crippen LogP contribution < -0.4 is 5.32 Å². The van der Waals surface area contributed by atoms with Gasteiger partial charge in [-0.25, -0.2) is 0 Å². The molecule has 14 heavy (non-hydrogen) atoms. The van der Waals surface area contributed by atoms with Crippen LogP contribution in [0.1, 0.15) is 30.0 Å². The maximum Gasteiger partial charge on any atom is 0.0372 e. The second-order valence-electron chi connectivity index (χ2n) is 3.82. The highest BCUT2D eigenvalue weighted by Gasteiger charge is 2.12. The molecule has 0 spiro atoms. The normalized spacial score (nSPS) is 13.3. The standard InChI is InChI=1S/C12H17N.ClH/c1-3-13-12-8-11-6-4-5-10(11)7-9(12)2;/h7-8,13H,3-6H2,1-2H3;1H. The lowest BCUT2D eigenvalue weighted by Gasteiger charge is -2.10. The molecule has 0 aliphatic heterocycles. The first-order chi connectivity index (χ1) is 6.31. The number of rotatable bonds is 2. The predicted molar refractivity (Wildman–Crippen MR) is 64.6 cm³/mol. The molecule has 0 radical (unpaired) electrons. The molecule has 1 nitrogen and oxygen atoms in total. The van der Waals surface area contributed by atoms with Crippen LogP contribution in [0.15, 0.2) is 12.1 Å². The maximum absolute atomic E-state index is 3.41. The van der Waals surface area contributed by atoms with E-state index in [2.05, 4.69) is 31.3 Å². The fraction of sp³-hybridized carbons (Fsp3) is 0.500. The molecule has 0 fully saturated rings. The number of anilines is 1. The van der Waals surface area contributed by atoms with E-state index in [1.165, 1.54) is 30.5 Å². The van der Waals surface area contributed by atoms with E-state index >= 15 is 0 Å². The molecule has 0 saturated carbocycles. The molecule has 2 rings (SSSR count). The summed E-state index contributed by atoms with van der Waals surface area (Å²) < 4.78 is 0. The summed E-state index contributed by atoms with van der Waals surface area (Å²) in [4.78, 5) is 0. The Bertz CT molecular complexity index is 320. The first-order valence-electron chi connectivity index (χ1n) is 5.17. The van der Waals surface area contributed by atoms with Gasteiger partial charge in [0.2, 0.25) is 0 Å². The van der Waals surface area contributed by atoms with Crippen LogP contribution in [0.25, 0.3) is 0 Å². The number of fused-ring (bicyclic) bond motifs is 1. The van der Waals surface area contributed by atoms with Gasteiger partial charge >= 0.3 is 0 Å². The van der Waals surface area contributed by atoms with Crippen LogP contribution in [0.2, 0.25) is 0 Å². The van der Waals surface area contributed by atoms with Gasteiger partial charge in [0.15, 0.2) is 0 Å². The second-order valence-corrected chi connectivity index (χ2v) is 3.82. The number of nitrogens with one attached hydrogen (secondary N) is 1. The van der Waals surface area contributed by atoms with E-state index in [0.29, 0.717) is 0 Å². The fourth-order valence-electron chi connectivity index (χ4n) is 2.13. The quantitative estimate of drug-likeness (QED) is 0.792. The summed E-state index contributed by atoms with van der Waals surface area (Å²) >= 11 is 0.